The molecule has 0 aliphatic carbocycles. The van der Waals surface area contributed by atoms with Crippen molar-refractivity contribution in [2.24, 2.45) is 4.99 Å². The van der Waals surface area contributed by atoms with Crippen LogP contribution in [0.5, 0.6) is 5.75 Å². The highest BCUT2D eigenvalue weighted by atomic mass is 127. The van der Waals surface area contributed by atoms with E-state index < -0.39 is 0 Å². The number of nitrogens with one attached hydrogen (secondary N) is 2. The summed E-state index contributed by atoms with van der Waals surface area (Å²) in [5, 5.41) is 7.45. The molecular weight excluding hydrogens is 413 g/mol. The van der Waals surface area contributed by atoms with Crippen molar-refractivity contribution in [2.45, 2.75) is 13.5 Å². The highest BCUT2D eigenvalue weighted by Crippen LogP contribution is 2.10. The molecule has 2 rings (SSSR count). The Morgan fingerprint density at radius 3 is 2.86 bits per heavy atom. The van der Waals surface area contributed by atoms with Gasteiger partial charge in [0.1, 0.15) is 17.4 Å². The van der Waals surface area contributed by atoms with Crippen molar-refractivity contribution in [3.05, 3.63) is 40.6 Å². The molecule has 22 heavy (non-hydrogen) atoms. The summed E-state index contributed by atoms with van der Waals surface area (Å²) in [6, 6.07) is 3.73. The van der Waals surface area contributed by atoms with Gasteiger partial charge in [-0.2, -0.15) is 0 Å². The number of aryl methyl sites for hydroxylation is 1. The van der Waals surface area contributed by atoms with Crippen molar-refractivity contribution in [1.29, 1.82) is 0 Å². The number of guanidine groups is 1. The Balaban J connectivity index is 0.00000242. The first-order valence-corrected chi connectivity index (χ1v) is 7.48. The van der Waals surface area contributed by atoms with Crippen LogP contribution < -0.4 is 15.4 Å². The van der Waals surface area contributed by atoms with Gasteiger partial charge in [0.15, 0.2) is 5.96 Å². The molecule has 0 fully saturated rings. The Morgan fingerprint density at radius 1 is 1.36 bits per heavy atom. The topological polar surface area (TPSA) is 71.4 Å². The number of rotatable bonds is 6. The molecule has 0 atom stereocenters. The van der Waals surface area contributed by atoms with Crippen LogP contribution in [0.2, 0.25) is 0 Å². The average Bonchev–Trinajstić information content (AvgIpc) is 2.93. The lowest BCUT2D eigenvalue weighted by atomic mass is 10.5. The molecule has 0 amide bonds. The first-order valence-electron chi connectivity index (χ1n) is 6.66. The second-order valence-corrected chi connectivity index (χ2v) is 5.57. The smallest absolute Gasteiger partial charge is 0.191 e. The number of halogens is 1. The second kappa shape index (κ2) is 10.3. The molecule has 6 nitrogen and oxygen atoms in total. The predicted octanol–water partition coefficient (Wildman–Crippen LogP) is 2.21. The van der Waals surface area contributed by atoms with Crippen molar-refractivity contribution in [3.8, 4) is 5.75 Å². The molecule has 0 aliphatic rings. The molecule has 0 saturated carbocycles. The summed E-state index contributed by atoms with van der Waals surface area (Å²) in [5.74, 6) is 1.50. The van der Waals surface area contributed by atoms with E-state index in [1.807, 2.05) is 25.3 Å². The number of nitrogens with zero attached hydrogens (tertiary/aromatic N) is 3. The van der Waals surface area contributed by atoms with Crippen LogP contribution in [0.15, 0.2) is 35.7 Å². The average molecular weight is 433 g/mol. The highest BCUT2D eigenvalue weighted by Gasteiger charge is 2.01. The zero-order valence-electron chi connectivity index (χ0n) is 12.6. The van der Waals surface area contributed by atoms with E-state index in [0.29, 0.717) is 19.7 Å². The van der Waals surface area contributed by atoms with Gasteiger partial charge >= 0.3 is 0 Å². The van der Waals surface area contributed by atoms with Gasteiger partial charge in [0, 0.05) is 24.3 Å². The third kappa shape index (κ3) is 6.56. The Kier molecular flexibility index (Phi) is 8.75. The van der Waals surface area contributed by atoms with E-state index in [0.717, 1.165) is 16.7 Å². The van der Waals surface area contributed by atoms with Crippen LogP contribution >= 0.6 is 35.3 Å². The number of thiazole rings is 1. The normalized spacial score (nSPS) is 10.7. The van der Waals surface area contributed by atoms with E-state index in [1.54, 1.807) is 30.8 Å². The first kappa shape index (κ1) is 18.6. The van der Waals surface area contributed by atoms with Gasteiger partial charge in [0.25, 0.3) is 0 Å². The SMILES string of the molecule is CN=C(NCCOc1cccnc1)NCc1ncc(C)s1.I. The van der Waals surface area contributed by atoms with Gasteiger partial charge in [-0.15, -0.1) is 35.3 Å². The Labute approximate surface area is 151 Å². The van der Waals surface area contributed by atoms with Gasteiger partial charge in [0.05, 0.1) is 19.3 Å². The zero-order valence-corrected chi connectivity index (χ0v) is 15.7. The van der Waals surface area contributed by atoms with Gasteiger partial charge in [-0.3, -0.25) is 9.98 Å². The highest BCUT2D eigenvalue weighted by molar-refractivity contribution is 14.0. The van der Waals surface area contributed by atoms with E-state index in [4.69, 9.17) is 4.74 Å². The van der Waals surface area contributed by atoms with E-state index in [1.165, 1.54) is 4.88 Å². The third-order valence-corrected chi connectivity index (χ3v) is 3.51. The second-order valence-electron chi connectivity index (χ2n) is 4.25. The maximum atomic E-state index is 5.55. The number of aromatic nitrogens is 2. The zero-order chi connectivity index (χ0) is 14.9. The van der Waals surface area contributed by atoms with Crippen LogP contribution in [0, 0.1) is 6.92 Å². The fraction of sp³-hybridized carbons (Fsp3) is 0.357. The van der Waals surface area contributed by atoms with Crippen LogP contribution in [0.3, 0.4) is 0 Å². The lowest BCUT2D eigenvalue weighted by Crippen LogP contribution is -2.38. The minimum atomic E-state index is 0. The third-order valence-electron chi connectivity index (χ3n) is 2.60. The predicted molar refractivity (Wildman–Crippen MR) is 100 cm³/mol. The maximum absolute atomic E-state index is 5.55. The first-order chi connectivity index (χ1) is 10.3. The van der Waals surface area contributed by atoms with Crippen LogP contribution in [-0.4, -0.2) is 36.1 Å². The fourth-order valence-corrected chi connectivity index (χ4v) is 2.36. The summed E-state index contributed by atoms with van der Waals surface area (Å²) in [7, 11) is 1.74. The molecule has 0 aromatic carbocycles. The standard InChI is InChI=1S/C14H19N5OS.HI/c1-11-8-18-13(21-11)10-19-14(15-2)17-6-7-20-12-4-3-5-16-9-12;/h3-5,8-9H,6-7,10H2,1-2H3,(H2,15,17,19);1H. The summed E-state index contributed by atoms with van der Waals surface area (Å²) < 4.78 is 5.55. The van der Waals surface area contributed by atoms with E-state index in [-0.39, 0.29) is 24.0 Å². The van der Waals surface area contributed by atoms with E-state index in [2.05, 4.69) is 25.6 Å². The molecule has 0 unspecified atom stereocenters. The van der Waals surface area contributed by atoms with Crippen LogP contribution in [0.1, 0.15) is 9.88 Å². The monoisotopic (exact) mass is 433 g/mol. The molecule has 120 valence electrons. The summed E-state index contributed by atoms with van der Waals surface area (Å²) in [6.07, 6.45) is 5.29. The molecule has 0 radical (unpaired) electrons. The van der Waals surface area contributed by atoms with Crippen LogP contribution in [0.4, 0.5) is 0 Å². The molecule has 0 spiro atoms. The summed E-state index contributed by atoms with van der Waals surface area (Å²) in [4.78, 5) is 13.7. The van der Waals surface area contributed by atoms with Crippen LogP contribution in [0.25, 0.3) is 0 Å². The number of ether oxygens (including phenoxy) is 1. The number of hydrogen-bond acceptors (Lipinski definition) is 5. The quantitative estimate of drug-likeness (QED) is 0.317. The molecule has 0 bridgehead atoms. The molecule has 2 N–H and O–H groups in total. The van der Waals surface area contributed by atoms with Crippen molar-refractivity contribution in [3.63, 3.8) is 0 Å². The fourth-order valence-electron chi connectivity index (χ4n) is 1.63. The lowest BCUT2D eigenvalue weighted by Gasteiger charge is -2.11. The van der Waals surface area contributed by atoms with Gasteiger partial charge in [0.2, 0.25) is 0 Å². The van der Waals surface area contributed by atoms with E-state index >= 15 is 0 Å². The van der Waals surface area contributed by atoms with Gasteiger partial charge < -0.3 is 15.4 Å². The number of pyridine rings is 1. The summed E-state index contributed by atoms with van der Waals surface area (Å²) >= 11 is 1.68. The molecule has 2 aromatic rings. The molecular formula is C14H20IN5OS. The van der Waals surface area contributed by atoms with Gasteiger partial charge in [-0.25, -0.2) is 4.98 Å². The molecule has 2 heterocycles. The van der Waals surface area contributed by atoms with Crippen molar-refractivity contribution >= 4 is 41.3 Å². The van der Waals surface area contributed by atoms with Crippen LogP contribution in [-0.2, 0) is 6.54 Å². The van der Waals surface area contributed by atoms with Crippen molar-refractivity contribution in [1.82, 2.24) is 20.6 Å². The number of aliphatic imine (C=N–C) groups is 1. The summed E-state index contributed by atoms with van der Waals surface area (Å²) in [6.45, 7) is 3.92. The lowest BCUT2D eigenvalue weighted by molar-refractivity contribution is 0.320. The Hall–Kier alpha value is -1.42. The Morgan fingerprint density at radius 2 is 2.23 bits per heavy atom. The maximum Gasteiger partial charge on any atom is 0.191 e. The number of hydrogen-bond donors (Lipinski definition) is 2. The summed E-state index contributed by atoms with van der Waals surface area (Å²) in [5.41, 5.74) is 0. The van der Waals surface area contributed by atoms with Gasteiger partial charge in [-0.05, 0) is 19.1 Å². The molecule has 0 aliphatic heterocycles. The van der Waals surface area contributed by atoms with Crippen molar-refractivity contribution in [2.75, 3.05) is 20.2 Å². The van der Waals surface area contributed by atoms with Crippen molar-refractivity contribution < 1.29 is 4.74 Å². The Bertz CT molecular complexity index is 576. The minimum absolute atomic E-state index is 0. The van der Waals surface area contributed by atoms with E-state index in [9.17, 15) is 0 Å². The molecule has 8 heteroatoms. The largest absolute Gasteiger partial charge is 0.490 e. The van der Waals surface area contributed by atoms with Gasteiger partial charge in [-0.1, -0.05) is 0 Å². The molecule has 0 saturated heterocycles. The molecule has 2 aromatic heterocycles. The minimum Gasteiger partial charge on any atom is -0.490 e.